The number of anilines is 1. The highest BCUT2D eigenvalue weighted by Crippen LogP contribution is 2.35. The Morgan fingerprint density at radius 1 is 1.24 bits per heavy atom. The second kappa shape index (κ2) is 12.5. The average molecular weight is 511 g/mol. The van der Waals surface area contributed by atoms with Gasteiger partial charge in [-0.3, -0.25) is 19.5 Å². The lowest BCUT2D eigenvalue weighted by atomic mass is 9.98. The summed E-state index contributed by atoms with van der Waals surface area (Å²) in [6.45, 7) is 6.68. The number of pyridine rings is 1. The standard InChI is InChI=1S/C28H38N4O5/c1-19-15-32(20(2)18-33)28(35)23-5-4-6-24(30-27(34)22-9-13-36-14-10-22)26(23)37-25(19)17-31(3)16-21-7-11-29-12-8-21/h4-8,11-12,19-20,22,25,33H,9-10,13-18H2,1-3H3,(H,30,34)/t19-,20-,25+/m0/s1. The highest BCUT2D eigenvalue weighted by Gasteiger charge is 2.35. The molecule has 3 atom stereocenters. The lowest BCUT2D eigenvalue weighted by Gasteiger charge is -2.38. The third-order valence-electron chi connectivity index (χ3n) is 7.23. The van der Waals surface area contributed by atoms with Crippen molar-refractivity contribution < 1.29 is 24.2 Å². The number of hydrogen-bond donors (Lipinski definition) is 2. The SMILES string of the molecule is C[C@H]1CN([C@@H](C)CO)C(=O)c2cccc(NC(=O)C3CCOCC3)c2O[C@@H]1CN(C)Cc1ccncc1. The summed E-state index contributed by atoms with van der Waals surface area (Å²) in [6, 6.07) is 8.90. The highest BCUT2D eigenvalue weighted by molar-refractivity contribution is 6.02. The highest BCUT2D eigenvalue weighted by atomic mass is 16.5. The van der Waals surface area contributed by atoms with Gasteiger partial charge < -0.3 is 24.8 Å². The van der Waals surface area contributed by atoms with Crippen LogP contribution in [0, 0.1) is 11.8 Å². The van der Waals surface area contributed by atoms with Crippen LogP contribution in [0.3, 0.4) is 0 Å². The van der Waals surface area contributed by atoms with Gasteiger partial charge in [0.25, 0.3) is 5.91 Å². The molecule has 0 radical (unpaired) electrons. The first kappa shape index (κ1) is 27.0. The van der Waals surface area contributed by atoms with Crippen LogP contribution in [0.15, 0.2) is 42.7 Å². The molecule has 9 heteroatoms. The normalized spacial score (nSPS) is 21.5. The van der Waals surface area contributed by atoms with Crippen molar-refractivity contribution in [3.63, 3.8) is 0 Å². The van der Waals surface area contributed by atoms with Crippen molar-refractivity contribution in [1.29, 1.82) is 0 Å². The third-order valence-corrected chi connectivity index (χ3v) is 7.23. The first-order valence-electron chi connectivity index (χ1n) is 13.0. The first-order chi connectivity index (χ1) is 17.9. The molecular weight excluding hydrogens is 472 g/mol. The number of amides is 2. The van der Waals surface area contributed by atoms with Gasteiger partial charge in [-0.05, 0) is 56.6 Å². The van der Waals surface area contributed by atoms with Crippen LogP contribution >= 0.6 is 0 Å². The first-order valence-corrected chi connectivity index (χ1v) is 13.0. The Morgan fingerprint density at radius 3 is 2.68 bits per heavy atom. The lowest BCUT2D eigenvalue weighted by Crippen LogP contribution is -2.49. The van der Waals surface area contributed by atoms with Gasteiger partial charge >= 0.3 is 0 Å². The maximum absolute atomic E-state index is 13.6. The van der Waals surface area contributed by atoms with E-state index in [-0.39, 0.29) is 42.4 Å². The maximum atomic E-state index is 13.6. The number of carbonyl (C=O) groups is 2. The van der Waals surface area contributed by atoms with E-state index in [0.717, 1.165) is 12.1 Å². The number of carbonyl (C=O) groups excluding carboxylic acids is 2. The minimum absolute atomic E-state index is 0.0229. The predicted octanol–water partition coefficient (Wildman–Crippen LogP) is 2.80. The van der Waals surface area contributed by atoms with Crippen molar-refractivity contribution in [2.75, 3.05) is 45.3 Å². The number of hydrogen-bond acceptors (Lipinski definition) is 7. The number of ether oxygens (including phenoxy) is 2. The molecule has 1 saturated heterocycles. The molecule has 2 amide bonds. The topological polar surface area (TPSA) is 104 Å². The molecule has 2 aromatic rings. The second-order valence-electron chi connectivity index (χ2n) is 10.2. The molecule has 0 bridgehead atoms. The van der Waals surface area contributed by atoms with Crippen LogP contribution in [0.4, 0.5) is 5.69 Å². The summed E-state index contributed by atoms with van der Waals surface area (Å²) in [5.74, 6) is -0.0768. The van der Waals surface area contributed by atoms with Gasteiger partial charge in [-0.25, -0.2) is 0 Å². The van der Waals surface area contributed by atoms with E-state index < -0.39 is 0 Å². The Hall–Kier alpha value is -3.01. The molecule has 0 aliphatic carbocycles. The zero-order chi connectivity index (χ0) is 26.4. The molecule has 2 aliphatic rings. The molecule has 4 rings (SSSR count). The van der Waals surface area contributed by atoms with Gasteiger partial charge in [-0.2, -0.15) is 0 Å². The number of aliphatic hydroxyl groups is 1. The Labute approximate surface area is 218 Å². The Bertz CT molecular complexity index is 1060. The van der Waals surface area contributed by atoms with Crippen LogP contribution < -0.4 is 10.1 Å². The number of likely N-dealkylation sites (N-methyl/N-ethyl adjacent to an activating group) is 1. The number of rotatable bonds is 8. The third kappa shape index (κ3) is 6.66. The van der Waals surface area contributed by atoms with Crippen molar-refractivity contribution >= 4 is 17.5 Å². The summed E-state index contributed by atoms with van der Waals surface area (Å²) < 4.78 is 12.0. The minimum Gasteiger partial charge on any atom is -0.486 e. The number of benzene rings is 1. The molecule has 200 valence electrons. The number of nitrogens with one attached hydrogen (secondary N) is 1. The van der Waals surface area contributed by atoms with Gasteiger partial charge in [-0.1, -0.05) is 13.0 Å². The number of aliphatic hydroxyl groups excluding tert-OH is 1. The van der Waals surface area contributed by atoms with Gasteiger partial charge in [0.2, 0.25) is 5.91 Å². The molecule has 2 aliphatic heterocycles. The fraction of sp³-hybridized carbons (Fsp3) is 0.536. The van der Waals surface area contributed by atoms with Crippen LogP contribution in [0.25, 0.3) is 0 Å². The lowest BCUT2D eigenvalue weighted by molar-refractivity contribution is -0.122. The number of nitrogens with zero attached hydrogens (tertiary/aromatic N) is 3. The van der Waals surface area contributed by atoms with Gasteiger partial charge in [0.1, 0.15) is 6.10 Å². The summed E-state index contributed by atoms with van der Waals surface area (Å²) in [7, 11) is 2.04. The Morgan fingerprint density at radius 2 is 1.97 bits per heavy atom. The van der Waals surface area contributed by atoms with Crippen LogP contribution in [-0.2, 0) is 16.1 Å². The molecule has 1 aromatic heterocycles. The molecule has 37 heavy (non-hydrogen) atoms. The van der Waals surface area contributed by atoms with E-state index in [1.165, 1.54) is 0 Å². The van der Waals surface area contributed by atoms with Crippen molar-refractivity contribution in [1.82, 2.24) is 14.8 Å². The van der Waals surface area contributed by atoms with E-state index in [1.807, 2.05) is 26.1 Å². The summed E-state index contributed by atoms with van der Waals surface area (Å²) in [5.41, 5.74) is 2.03. The number of para-hydroxylation sites is 1. The average Bonchev–Trinajstić information content (AvgIpc) is 2.91. The number of aromatic nitrogens is 1. The van der Waals surface area contributed by atoms with Crippen LogP contribution in [0.2, 0.25) is 0 Å². The molecular formula is C28H38N4O5. The molecule has 0 unspecified atom stereocenters. The minimum atomic E-state index is -0.350. The quantitative estimate of drug-likeness (QED) is 0.563. The van der Waals surface area contributed by atoms with E-state index >= 15 is 0 Å². The molecule has 2 N–H and O–H groups in total. The molecule has 0 spiro atoms. The smallest absolute Gasteiger partial charge is 0.258 e. The molecule has 1 fully saturated rings. The predicted molar refractivity (Wildman–Crippen MR) is 140 cm³/mol. The van der Waals surface area contributed by atoms with Gasteiger partial charge in [0.15, 0.2) is 5.75 Å². The Balaban J connectivity index is 1.63. The van der Waals surface area contributed by atoms with Crippen LogP contribution in [0.1, 0.15) is 42.6 Å². The molecule has 9 nitrogen and oxygen atoms in total. The van der Waals surface area contributed by atoms with Crippen LogP contribution in [0.5, 0.6) is 5.75 Å². The summed E-state index contributed by atoms with van der Waals surface area (Å²) >= 11 is 0. The van der Waals surface area contributed by atoms with E-state index in [1.54, 1.807) is 35.5 Å². The second-order valence-corrected chi connectivity index (χ2v) is 10.2. The van der Waals surface area contributed by atoms with E-state index in [0.29, 0.717) is 56.1 Å². The van der Waals surface area contributed by atoms with Crippen molar-refractivity contribution in [3.05, 3.63) is 53.9 Å². The van der Waals surface area contributed by atoms with Crippen molar-refractivity contribution in [2.45, 2.75) is 45.4 Å². The summed E-state index contributed by atoms with van der Waals surface area (Å²) in [5, 5.41) is 12.9. The summed E-state index contributed by atoms with van der Waals surface area (Å²) in [4.78, 5) is 34.7. The van der Waals surface area contributed by atoms with E-state index in [4.69, 9.17) is 9.47 Å². The van der Waals surface area contributed by atoms with Gasteiger partial charge in [0.05, 0.1) is 23.9 Å². The van der Waals surface area contributed by atoms with Crippen molar-refractivity contribution in [3.8, 4) is 5.75 Å². The van der Waals surface area contributed by atoms with E-state index in [9.17, 15) is 14.7 Å². The number of fused-ring (bicyclic) bond motifs is 1. The fourth-order valence-corrected chi connectivity index (χ4v) is 4.93. The van der Waals surface area contributed by atoms with Gasteiger partial charge in [-0.15, -0.1) is 0 Å². The maximum Gasteiger partial charge on any atom is 0.258 e. The molecule has 0 saturated carbocycles. The fourth-order valence-electron chi connectivity index (χ4n) is 4.93. The largest absolute Gasteiger partial charge is 0.486 e. The van der Waals surface area contributed by atoms with Crippen molar-refractivity contribution in [2.24, 2.45) is 11.8 Å². The zero-order valence-corrected chi connectivity index (χ0v) is 21.9. The molecule has 1 aromatic carbocycles. The Kier molecular flexibility index (Phi) is 9.13. The zero-order valence-electron chi connectivity index (χ0n) is 21.9. The van der Waals surface area contributed by atoms with E-state index in [2.05, 4.69) is 22.1 Å². The van der Waals surface area contributed by atoms with Crippen LogP contribution in [-0.4, -0.2) is 83.8 Å². The molecule has 3 heterocycles. The monoisotopic (exact) mass is 510 g/mol. The van der Waals surface area contributed by atoms with Gasteiger partial charge in [0, 0.05) is 57.1 Å². The summed E-state index contributed by atoms with van der Waals surface area (Å²) in [6.07, 6.45) is 4.64.